The Morgan fingerprint density at radius 1 is 1.15 bits per heavy atom. The van der Waals surface area contributed by atoms with E-state index >= 15 is 0 Å². The third-order valence-electron chi connectivity index (χ3n) is 5.24. The van der Waals surface area contributed by atoms with Gasteiger partial charge in [-0.15, -0.1) is 0 Å². The monoisotopic (exact) mass is 289 g/mol. The minimum absolute atomic E-state index is 0.664. The molecule has 1 nitrogen and oxygen atoms in total. The van der Waals surface area contributed by atoms with Crippen molar-refractivity contribution in [1.82, 2.24) is 5.32 Å². The molecular formula is C18H27NS. The molecule has 110 valence electrons. The van der Waals surface area contributed by atoms with E-state index in [2.05, 4.69) is 42.8 Å². The molecular weight excluding hydrogens is 262 g/mol. The summed E-state index contributed by atoms with van der Waals surface area (Å²) >= 11 is 1.96. The maximum Gasteiger partial charge on any atom is 0.0132 e. The predicted octanol–water partition coefficient (Wildman–Crippen LogP) is 3.91. The molecule has 0 aromatic heterocycles. The lowest BCUT2D eigenvalue weighted by atomic mass is 9.94. The Balaban J connectivity index is 1.69. The Morgan fingerprint density at radius 2 is 1.75 bits per heavy atom. The highest BCUT2D eigenvalue weighted by Gasteiger charge is 2.39. The van der Waals surface area contributed by atoms with Gasteiger partial charge in [0.2, 0.25) is 0 Å². The van der Waals surface area contributed by atoms with E-state index in [0.717, 1.165) is 17.9 Å². The first-order valence-electron chi connectivity index (χ1n) is 8.09. The Bertz CT molecular complexity index is 412. The standard InChI is InChI=1S/C18H27NS/c1-13(9-10-20-2)19-18-16-7-8-17(18)12-15-6-4-3-5-14(15)11-16/h3-6,13,16-19H,7-12H2,1-2H3. The summed E-state index contributed by atoms with van der Waals surface area (Å²) in [6.45, 7) is 2.37. The van der Waals surface area contributed by atoms with Gasteiger partial charge >= 0.3 is 0 Å². The highest BCUT2D eigenvalue weighted by atomic mass is 32.2. The topological polar surface area (TPSA) is 12.0 Å². The number of hydrogen-bond acceptors (Lipinski definition) is 2. The predicted molar refractivity (Wildman–Crippen MR) is 89.4 cm³/mol. The van der Waals surface area contributed by atoms with Crippen molar-refractivity contribution >= 4 is 11.8 Å². The number of nitrogens with one attached hydrogen (secondary N) is 1. The van der Waals surface area contributed by atoms with Crippen molar-refractivity contribution in [1.29, 1.82) is 0 Å². The second-order valence-electron chi connectivity index (χ2n) is 6.65. The first-order valence-corrected chi connectivity index (χ1v) is 9.49. The van der Waals surface area contributed by atoms with Gasteiger partial charge in [0.1, 0.15) is 0 Å². The highest BCUT2D eigenvalue weighted by Crippen LogP contribution is 2.40. The number of hydrogen-bond donors (Lipinski definition) is 1. The third kappa shape index (κ3) is 3.07. The van der Waals surface area contributed by atoms with Gasteiger partial charge in [0.15, 0.2) is 0 Å². The highest BCUT2D eigenvalue weighted by molar-refractivity contribution is 7.98. The molecule has 0 saturated heterocycles. The molecule has 20 heavy (non-hydrogen) atoms. The van der Waals surface area contributed by atoms with Gasteiger partial charge in [0.05, 0.1) is 0 Å². The number of benzene rings is 1. The van der Waals surface area contributed by atoms with E-state index in [1.54, 1.807) is 11.1 Å². The fraction of sp³-hybridized carbons (Fsp3) is 0.667. The normalized spacial score (nSPS) is 29.8. The molecule has 0 spiro atoms. The van der Waals surface area contributed by atoms with Crippen molar-refractivity contribution in [2.24, 2.45) is 11.8 Å². The van der Waals surface area contributed by atoms with Crippen LogP contribution in [0.25, 0.3) is 0 Å². The van der Waals surface area contributed by atoms with Gasteiger partial charge in [0, 0.05) is 12.1 Å². The average molecular weight is 289 g/mol. The Morgan fingerprint density at radius 3 is 2.30 bits per heavy atom. The molecule has 0 heterocycles. The van der Waals surface area contributed by atoms with Gasteiger partial charge in [-0.25, -0.2) is 0 Å². The summed E-state index contributed by atoms with van der Waals surface area (Å²) < 4.78 is 0. The van der Waals surface area contributed by atoms with Crippen LogP contribution >= 0.6 is 11.8 Å². The van der Waals surface area contributed by atoms with Crippen LogP contribution < -0.4 is 5.32 Å². The van der Waals surface area contributed by atoms with E-state index in [9.17, 15) is 0 Å². The third-order valence-corrected chi connectivity index (χ3v) is 5.88. The molecule has 0 aliphatic heterocycles. The largest absolute Gasteiger partial charge is 0.311 e. The molecule has 2 aliphatic rings. The number of fused-ring (bicyclic) bond motifs is 3. The summed E-state index contributed by atoms with van der Waals surface area (Å²) in [5.41, 5.74) is 3.23. The van der Waals surface area contributed by atoms with Crippen molar-refractivity contribution in [2.75, 3.05) is 12.0 Å². The van der Waals surface area contributed by atoms with E-state index in [0.29, 0.717) is 6.04 Å². The second-order valence-corrected chi connectivity index (χ2v) is 7.64. The summed E-state index contributed by atoms with van der Waals surface area (Å²) in [5, 5.41) is 3.98. The zero-order valence-corrected chi connectivity index (χ0v) is 13.6. The smallest absolute Gasteiger partial charge is 0.0132 e. The average Bonchev–Trinajstić information content (AvgIpc) is 2.71. The molecule has 2 heteroatoms. The maximum atomic E-state index is 3.98. The van der Waals surface area contributed by atoms with Crippen LogP contribution in [0.1, 0.15) is 37.3 Å². The van der Waals surface area contributed by atoms with Crippen LogP contribution in [0.15, 0.2) is 24.3 Å². The van der Waals surface area contributed by atoms with Crippen LogP contribution in [0.2, 0.25) is 0 Å². The van der Waals surface area contributed by atoms with E-state index in [-0.39, 0.29) is 0 Å². The van der Waals surface area contributed by atoms with Crippen LogP contribution in [0.5, 0.6) is 0 Å². The molecule has 3 atom stereocenters. The van der Waals surface area contributed by atoms with Crippen LogP contribution in [-0.4, -0.2) is 24.1 Å². The van der Waals surface area contributed by atoms with Crippen LogP contribution in [0, 0.1) is 11.8 Å². The molecule has 2 aliphatic carbocycles. The van der Waals surface area contributed by atoms with Crippen molar-refractivity contribution in [3.05, 3.63) is 35.4 Å². The SMILES string of the molecule is CSCCC(C)NC1C2CCC1Cc1ccccc1C2. The molecule has 1 aromatic rings. The fourth-order valence-corrected chi connectivity index (χ4v) is 4.72. The van der Waals surface area contributed by atoms with Gasteiger partial charge in [-0.05, 0) is 74.0 Å². The quantitative estimate of drug-likeness (QED) is 0.882. The van der Waals surface area contributed by atoms with Crippen molar-refractivity contribution in [3.63, 3.8) is 0 Å². The van der Waals surface area contributed by atoms with Gasteiger partial charge in [-0.1, -0.05) is 24.3 Å². The van der Waals surface area contributed by atoms with Crippen molar-refractivity contribution in [3.8, 4) is 0 Å². The molecule has 1 aromatic carbocycles. The summed E-state index contributed by atoms with van der Waals surface area (Å²) in [7, 11) is 0. The zero-order chi connectivity index (χ0) is 13.9. The van der Waals surface area contributed by atoms with Crippen molar-refractivity contribution < 1.29 is 0 Å². The lowest BCUT2D eigenvalue weighted by Gasteiger charge is -2.27. The first kappa shape index (κ1) is 14.5. The molecule has 3 unspecified atom stereocenters. The minimum Gasteiger partial charge on any atom is -0.311 e. The number of rotatable bonds is 5. The minimum atomic E-state index is 0.664. The van der Waals surface area contributed by atoms with E-state index < -0.39 is 0 Å². The maximum absolute atomic E-state index is 3.98. The summed E-state index contributed by atoms with van der Waals surface area (Å²) in [4.78, 5) is 0. The lowest BCUT2D eigenvalue weighted by Crippen LogP contribution is -2.43. The molecule has 0 radical (unpaired) electrons. The van der Waals surface area contributed by atoms with Crippen LogP contribution in [-0.2, 0) is 12.8 Å². The summed E-state index contributed by atoms with van der Waals surface area (Å²) in [6.07, 6.45) is 8.93. The van der Waals surface area contributed by atoms with Gasteiger partial charge < -0.3 is 5.32 Å². The van der Waals surface area contributed by atoms with Gasteiger partial charge in [-0.3, -0.25) is 0 Å². The summed E-state index contributed by atoms with van der Waals surface area (Å²) in [5.74, 6) is 3.00. The second kappa shape index (κ2) is 6.53. The molecule has 0 amide bonds. The zero-order valence-electron chi connectivity index (χ0n) is 12.8. The van der Waals surface area contributed by atoms with Crippen molar-refractivity contribution in [2.45, 2.75) is 51.1 Å². The molecule has 3 rings (SSSR count). The molecule has 2 bridgehead atoms. The molecule has 1 saturated carbocycles. The Hall–Kier alpha value is -0.470. The summed E-state index contributed by atoms with van der Waals surface area (Å²) in [6, 6.07) is 10.5. The Labute approximate surface area is 127 Å². The van der Waals surface area contributed by atoms with Gasteiger partial charge in [0.25, 0.3) is 0 Å². The van der Waals surface area contributed by atoms with E-state index in [1.807, 2.05) is 11.8 Å². The van der Waals surface area contributed by atoms with E-state index in [1.165, 1.54) is 37.9 Å². The lowest BCUT2D eigenvalue weighted by molar-refractivity contribution is 0.310. The first-order chi connectivity index (χ1) is 9.78. The molecule has 1 N–H and O–H groups in total. The Kier molecular flexibility index (Phi) is 4.72. The number of thioether (sulfide) groups is 1. The fourth-order valence-electron chi connectivity index (χ4n) is 4.13. The molecule has 1 fully saturated rings. The van der Waals surface area contributed by atoms with Gasteiger partial charge in [-0.2, -0.15) is 11.8 Å². The van der Waals surface area contributed by atoms with E-state index in [4.69, 9.17) is 0 Å². The van der Waals surface area contributed by atoms with Crippen LogP contribution in [0.3, 0.4) is 0 Å². The van der Waals surface area contributed by atoms with Crippen LogP contribution in [0.4, 0.5) is 0 Å².